The summed E-state index contributed by atoms with van der Waals surface area (Å²) in [5.41, 5.74) is 5.23. The highest BCUT2D eigenvalue weighted by Gasteiger charge is 2.15. The highest BCUT2D eigenvalue weighted by atomic mass is 14.9. The van der Waals surface area contributed by atoms with Gasteiger partial charge in [0.15, 0.2) is 0 Å². The fourth-order valence-electron chi connectivity index (χ4n) is 1.77. The van der Waals surface area contributed by atoms with Crippen LogP contribution in [0.3, 0.4) is 0 Å². The Hall–Kier alpha value is -1.24. The highest BCUT2D eigenvalue weighted by Crippen LogP contribution is 2.26. The van der Waals surface area contributed by atoms with E-state index in [1.165, 1.54) is 16.7 Å². The molecule has 0 bridgehead atoms. The summed E-state index contributed by atoms with van der Waals surface area (Å²) < 4.78 is 0. The maximum Gasteiger partial charge on any atom is 0.0407 e. The van der Waals surface area contributed by atoms with Crippen molar-refractivity contribution < 1.29 is 0 Å². The Morgan fingerprint density at radius 3 is 3.08 bits per heavy atom. The molecule has 12 heavy (non-hydrogen) atoms. The van der Waals surface area contributed by atoms with Crippen LogP contribution in [0.2, 0.25) is 0 Å². The summed E-state index contributed by atoms with van der Waals surface area (Å²) in [5.74, 6) is 0. The Kier molecular flexibility index (Phi) is 1.65. The number of fused-ring (bicyclic) bond motifs is 1. The van der Waals surface area contributed by atoms with E-state index in [0.717, 1.165) is 18.7 Å². The minimum Gasteiger partial charge on any atom is -0.381 e. The zero-order valence-corrected chi connectivity index (χ0v) is 7.35. The predicted molar refractivity (Wildman–Crippen MR) is 51.7 cm³/mol. The van der Waals surface area contributed by atoms with Crippen molar-refractivity contribution in [1.29, 1.82) is 0 Å². The average Bonchev–Trinajstić information content (AvgIpc) is 2.48. The standard InChI is InChI=1S/C11H13N/c1-3-9-5-4-6-10-7-12-8(2)11(9)10/h4-6,12H,2-3,7H2,1H3. The zero-order chi connectivity index (χ0) is 8.55. The molecule has 1 heteroatoms. The SMILES string of the molecule is C=C1NCc2cccc(CC)c21. The molecule has 1 aliphatic heterocycles. The van der Waals surface area contributed by atoms with E-state index in [-0.39, 0.29) is 0 Å². The molecule has 1 aliphatic rings. The molecule has 1 nitrogen and oxygen atoms in total. The van der Waals surface area contributed by atoms with Gasteiger partial charge in [0.1, 0.15) is 0 Å². The minimum absolute atomic E-state index is 0.946. The lowest BCUT2D eigenvalue weighted by molar-refractivity contribution is 0.946. The minimum atomic E-state index is 0.946. The van der Waals surface area contributed by atoms with E-state index < -0.39 is 0 Å². The lowest BCUT2D eigenvalue weighted by atomic mass is 10.0. The molecule has 1 aromatic carbocycles. The third-order valence-corrected chi connectivity index (χ3v) is 2.41. The molecule has 0 atom stereocenters. The molecule has 1 N–H and O–H groups in total. The van der Waals surface area contributed by atoms with Crippen LogP contribution in [0.5, 0.6) is 0 Å². The maximum atomic E-state index is 3.99. The Morgan fingerprint density at radius 1 is 1.50 bits per heavy atom. The number of benzene rings is 1. The van der Waals surface area contributed by atoms with Crippen LogP contribution in [0, 0.1) is 0 Å². The van der Waals surface area contributed by atoms with Crippen LogP contribution >= 0.6 is 0 Å². The van der Waals surface area contributed by atoms with Crippen LogP contribution in [-0.4, -0.2) is 0 Å². The van der Waals surface area contributed by atoms with E-state index in [1.54, 1.807) is 0 Å². The largest absolute Gasteiger partial charge is 0.381 e. The number of rotatable bonds is 1. The monoisotopic (exact) mass is 159 g/mol. The predicted octanol–water partition coefficient (Wildman–Crippen LogP) is 2.32. The topological polar surface area (TPSA) is 12.0 Å². The van der Waals surface area contributed by atoms with Crippen LogP contribution in [-0.2, 0) is 13.0 Å². The Bertz CT molecular complexity index is 326. The van der Waals surface area contributed by atoms with E-state index in [0.29, 0.717) is 0 Å². The van der Waals surface area contributed by atoms with Gasteiger partial charge in [-0.15, -0.1) is 0 Å². The fraction of sp³-hybridized carbons (Fsp3) is 0.273. The van der Waals surface area contributed by atoms with Crippen LogP contribution in [0.1, 0.15) is 23.6 Å². The van der Waals surface area contributed by atoms with Gasteiger partial charge in [0, 0.05) is 17.8 Å². The van der Waals surface area contributed by atoms with Crippen molar-refractivity contribution in [2.45, 2.75) is 19.9 Å². The highest BCUT2D eigenvalue weighted by molar-refractivity contribution is 5.71. The molecule has 62 valence electrons. The van der Waals surface area contributed by atoms with Gasteiger partial charge in [-0.2, -0.15) is 0 Å². The van der Waals surface area contributed by atoms with E-state index in [2.05, 4.69) is 37.0 Å². The second kappa shape index (κ2) is 2.67. The van der Waals surface area contributed by atoms with Crippen molar-refractivity contribution in [2.75, 3.05) is 0 Å². The van der Waals surface area contributed by atoms with Crippen LogP contribution in [0.15, 0.2) is 24.8 Å². The summed E-state index contributed by atoms with van der Waals surface area (Å²) in [6.45, 7) is 7.12. The third kappa shape index (κ3) is 0.934. The van der Waals surface area contributed by atoms with Crippen LogP contribution in [0.25, 0.3) is 5.70 Å². The van der Waals surface area contributed by atoms with Crippen molar-refractivity contribution in [2.24, 2.45) is 0 Å². The lowest BCUT2D eigenvalue weighted by Gasteiger charge is -2.04. The number of nitrogens with one attached hydrogen (secondary N) is 1. The molecule has 0 spiro atoms. The summed E-state index contributed by atoms with van der Waals surface area (Å²) in [4.78, 5) is 0. The first-order valence-corrected chi connectivity index (χ1v) is 4.37. The van der Waals surface area contributed by atoms with Gasteiger partial charge in [-0.05, 0) is 17.5 Å². The molecule has 0 aliphatic carbocycles. The van der Waals surface area contributed by atoms with Gasteiger partial charge in [0.05, 0.1) is 0 Å². The van der Waals surface area contributed by atoms with Crippen molar-refractivity contribution in [3.8, 4) is 0 Å². The van der Waals surface area contributed by atoms with E-state index in [4.69, 9.17) is 0 Å². The molecule has 0 saturated heterocycles. The molecule has 0 saturated carbocycles. The van der Waals surface area contributed by atoms with Gasteiger partial charge in [0.25, 0.3) is 0 Å². The third-order valence-electron chi connectivity index (χ3n) is 2.41. The second-order valence-electron chi connectivity index (χ2n) is 3.14. The number of hydrogen-bond donors (Lipinski definition) is 1. The first kappa shape index (κ1) is 7.41. The van der Waals surface area contributed by atoms with Gasteiger partial charge in [-0.3, -0.25) is 0 Å². The van der Waals surface area contributed by atoms with Gasteiger partial charge >= 0.3 is 0 Å². The molecule has 1 aromatic rings. The van der Waals surface area contributed by atoms with Crippen molar-refractivity contribution in [3.05, 3.63) is 41.5 Å². The van der Waals surface area contributed by atoms with Gasteiger partial charge in [-0.1, -0.05) is 31.7 Å². The molecule has 0 amide bonds. The van der Waals surface area contributed by atoms with Gasteiger partial charge < -0.3 is 5.32 Å². The smallest absolute Gasteiger partial charge is 0.0407 e. The molecule has 0 unspecified atom stereocenters. The van der Waals surface area contributed by atoms with E-state index in [1.807, 2.05) is 0 Å². The van der Waals surface area contributed by atoms with Crippen molar-refractivity contribution >= 4 is 5.70 Å². The average molecular weight is 159 g/mol. The van der Waals surface area contributed by atoms with Crippen molar-refractivity contribution in [3.63, 3.8) is 0 Å². The summed E-state index contributed by atoms with van der Waals surface area (Å²) in [6, 6.07) is 6.47. The number of hydrogen-bond acceptors (Lipinski definition) is 1. The maximum absolute atomic E-state index is 3.99. The summed E-state index contributed by atoms with van der Waals surface area (Å²) in [5, 5.41) is 3.27. The van der Waals surface area contributed by atoms with Crippen LogP contribution < -0.4 is 5.32 Å². The van der Waals surface area contributed by atoms with Gasteiger partial charge in [-0.25, -0.2) is 0 Å². The molecular formula is C11H13N. The molecule has 0 radical (unpaired) electrons. The normalized spacial score (nSPS) is 14.2. The Labute approximate surface area is 73.1 Å². The molecule has 0 aromatic heterocycles. The van der Waals surface area contributed by atoms with E-state index >= 15 is 0 Å². The quantitative estimate of drug-likeness (QED) is 0.663. The molecule has 2 rings (SSSR count). The van der Waals surface area contributed by atoms with Crippen LogP contribution in [0.4, 0.5) is 0 Å². The summed E-state index contributed by atoms with van der Waals surface area (Å²) in [6.07, 6.45) is 1.09. The first-order valence-electron chi connectivity index (χ1n) is 4.37. The number of aryl methyl sites for hydroxylation is 1. The molecular weight excluding hydrogens is 146 g/mol. The zero-order valence-electron chi connectivity index (χ0n) is 7.35. The Balaban J connectivity index is 2.60. The second-order valence-corrected chi connectivity index (χ2v) is 3.14. The summed E-state index contributed by atoms with van der Waals surface area (Å²) >= 11 is 0. The first-order chi connectivity index (χ1) is 5.83. The molecule has 1 heterocycles. The summed E-state index contributed by atoms with van der Waals surface area (Å²) in [7, 11) is 0. The Morgan fingerprint density at radius 2 is 2.33 bits per heavy atom. The van der Waals surface area contributed by atoms with Gasteiger partial charge in [0.2, 0.25) is 0 Å². The molecule has 0 fully saturated rings. The lowest BCUT2D eigenvalue weighted by Crippen LogP contribution is -1.98. The fourth-order valence-corrected chi connectivity index (χ4v) is 1.77. The van der Waals surface area contributed by atoms with Crippen molar-refractivity contribution in [1.82, 2.24) is 5.32 Å². The van der Waals surface area contributed by atoms with E-state index in [9.17, 15) is 0 Å².